The first-order valence-electron chi connectivity index (χ1n) is 7.00. The molecule has 2 aliphatic carbocycles. The van der Waals surface area contributed by atoms with Crippen molar-refractivity contribution in [3.8, 4) is 0 Å². The van der Waals surface area contributed by atoms with Crippen LogP contribution in [0.3, 0.4) is 0 Å². The second kappa shape index (κ2) is 4.11. The summed E-state index contributed by atoms with van der Waals surface area (Å²) in [6.45, 7) is 9.94. The van der Waals surface area contributed by atoms with Gasteiger partial charge in [0.15, 0.2) is 0 Å². The highest BCUT2D eigenvalue weighted by molar-refractivity contribution is 4.97. The molecule has 0 N–H and O–H groups in total. The molecule has 0 aromatic heterocycles. The van der Waals surface area contributed by atoms with Gasteiger partial charge in [0.25, 0.3) is 0 Å². The lowest BCUT2D eigenvalue weighted by molar-refractivity contribution is -0.0497. The topological polar surface area (TPSA) is 0 Å². The summed E-state index contributed by atoms with van der Waals surface area (Å²) in [7, 11) is 0. The Labute approximate surface area is 95.8 Å². The summed E-state index contributed by atoms with van der Waals surface area (Å²) < 4.78 is 0. The van der Waals surface area contributed by atoms with Crippen LogP contribution >= 0.6 is 0 Å². The maximum absolute atomic E-state index is 2.50. The third-order valence-corrected chi connectivity index (χ3v) is 5.34. The molecule has 0 spiro atoms. The molecule has 0 amide bonds. The molecule has 0 nitrogen and oxygen atoms in total. The third-order valence-electron chi connectivity index (χ3n) is 5.34. The van der Waals surface area contributed by atoms with Crippen LogP contribution in [0.5, 0.6) is 0 Å². The van der Waals surface area contributed by atoms with E-state index < -0.39 is 0 Å². The molecular formula is C15H28. The summed E-state index contributed by atoms with van der Waals surface area (Å²) >= 11 is 0. The van der Waals surface area contributed by atoms with Crippen LogP contribution in [0.25, 0.3) is 0 Å². The minimum absolute atomic E-state index is 0.656. The van der Waals surface area contributed by atoms with Gasteiger partial charge in [-0.05, 0) is 41.9 Å². The summed E-state index contributed by atoms with van der Waals surface area (Å²) in [5.41, 5.74) is 0.656. The second-order valence-corrected chi connectivity index (χ2v) is 7.05. The third kappa shape index (κ3) is 2.24. The fourth-order valence-electron chi connectivity index (χ4n) is 4.13. The van der Waals surface area contributed by atoms with Gasteiger partial charge in [0, 0.05) is 0 Å². The zero-order chi connectivity index (χ0) is 11.1. The summed E-state index contributed by atoms with van der Waals surface area (Å²) in [6.07, 6.45) is 8.92. The molecule has 0 radical (unpaired) electrons. The fourth-order valence-corrected chi connectivity index (χ4v) is 4.13. The van der Waals surface area contributed by atoms with E-state index in [1.807, 2.05) is 0 Å². The van der Waals surface area contributed by atoms with Crippen LogP contribution in [0, 0.1) is 29.1 Å². The van der Waals surface area contributed by atoms with Crippen LogP contribution in [0.1, 0.15) is 66.2 Å². The van der Waals surface area contributed by atoms with E-state index in [9.17, 15) is 0 Å². The van der Waals surface area contributed by atoms with Crippen molar-refractivity contribution >= 4 is 0 Å². The zero-order valence-electron chi connectivity index (χ0n) is 11.1. The van der Waals surface area contributed by atoms with Gasteiger partial charge in [-0.2, -0.15) is 0 Å². The van der Waals surface area contributed by atoms with Crippen molar-refractivity contribution in [3.63, 3.8) is 0 Å². The normalized spacial score (nSPS) is 45.6. The molecule has 4 unspecified atom stereocenters. The molecule has 0 heterocycles. The van der Waals surface area contributed by atoms with E-state index in [0.717, 1.165) is 23.7 Å². The van der Waals surface area contributed by atoms with Crippen LogP contribution in [0.2, 0.25) is 0 Å². The van der Waals surface area contributed by atoms with Gasteiger partial charge >= 0.3 is 0 Å². The highest BCUT2D eigenvalue weighted by Gasteiger charge is 2.48. The molecule has 2 rings (SSSR count). The summed E-state index contributed by atoms with van der Waals surface area (Å²) in [5.74, 6) is 4.07. The minimum Gasteiger partial charge on any atom is -0.0625 e. The Balaban J connectivity index is 2.03. The van der Waals surface area contributed by atoms with E-state index in [0.29, 0.717) is 5.41 Å². The van der Waals surface area contributed by atoms with Crippen LogP contribution in [0.15, 0.2) is 0 Å². The van der Waals surface area contributed by atoms with E-state index >= 15 is 0 Å². The van der Waals surface area contributed by atoms with Gasteiger partial charge in [-0.15, -0.1) is 0 Å². The van der Waals surface area contributed by atoms with Crippen LogP contribution in [-0.4, -0.2) is 0 Å². The minimum atomic E-state index is 0.656. The SMILES string of the molecule is CC1CCCC(C)C2CC(C)(C)C2CC1. The molecule has 2 saturated carbocycles. The Kier molecular flexibility index (Phi) is 3.14. The van der Waals surface area contributed by atoms with Crippen LogP contribution < -0.4 is 0 Å². The van der Waals surface area contributed by atoms with Crippen molar-refractivity contribution in [1.82, 2.24) is 0 Å². The summed E-state index contributed by atoms with van der Waals surface area (Å²) in [6, 6.07) is 0. The van der Waals surface area contributed by atoms with E-state index in [4.69, 9.17) is 0 Å². The van der Waals surface area contributed by atoms with Gasteiger partial charge in [0.05, 0.1) is 0 Å². The monoisotopic (exact) mass is 208 g/mol. The lowest BCUT2D eigenvalue weighted by atomic mass is 9.51. The van der Waals surface area contributed by atoms with Crippen LogP contribution in [0.4, 0.5) is 0 Å². The van der Waals surface area contributed by atoms with E-state index in [1.165, 1.54) is 38.5 Å². The first-order valence-corrected chi connectivity index (χ1v) is 7.00. The van der Waals surface area contributed by atoms with Gasteiger partial charge < -0.3 is 0 Å². The van der Waals surface area contributed by atoms with Gasteiger partial charge in [-0.3, -0.25) is 0 Å². The molecule has 0 heteroatoms. The predicted molar refractivity (Wildman–Crippen MR) is 66.8 cm³/mol. The van der Waals surface area contributed by atoms with Crippen molar-refractivity contribution in [2.75, 3.05) is 0 Å². The van der Waals surface area contributed by atoms with Crippen molar-refractivity contribution in [3.05, 3.63) is 0 Å². The second-order valence-electron chi connectivity index (χ2n) is 7.05. The molecular weight excluding hydrogens is 180 g/mol. The number of fused-ring (bicyclic) bond motifs is 1. The van der Waals surface area contributed by atoms with E-state index in [2.05, 4.69) is 27.7 Å². The molecule has 0 aliphatic heterocycles. The smallest absolute Gasteiger partial charge is 0.0320 e. The molecule has 15 heavy (non-hydrogen) atoms. The van der Waals surface area contributed by atoms with Gasteiger partial charge in [0.1, 0.15) is 0 Å². The van der Waals surface area contributed by atoms with Gasteiger partial charge in [-0.1, -0.05) is 53.4 Å². The van der Waals surface area contributed by atoms with Crippen molar-refractivity contribution in [2.45, 2.75) is 66.2 Å². The molecule has 0 aromatic rings. The highest BCUT2D eigenvalue weighted by atomic mass is 14.5. The first-order chi connectivity index (χ1) is 7.00. The van der Waals surface area contributed by atoms with Crippen LogP contribution in [-0.2, 0) is 0 Å². The molecule has 0 bridgehead atoms. The summed E-state index contributed by atoms with van der Waals surface area (Å²) in [4.78, 5) is 0. The molecule has 2 fully saturated rings. The predicted octanol–water partition coefficient (Wildman–Crippen LogP) is 4.89. The lowest BCUT2D eigenvalue weighted by Crippen LogP contribution is -2.46. The molecule has 2 aliphatic rings. The Bertz CT molecular complexity index is 216. The lowest BCUT2D eigenvalue weighted by Gasteiger charge is -2.54. The average molecular weight is 208 g/mol. The first kappa shape index (κ1) is 11.5. The largest absolute Gasteiger partial charge is 0.0625 e. The zero-order valence-corrected chi connectivity index (χ0v) is 11.1. The maximum Gasteiger partial charge on any atom is -0.0320 e. The molecule has 88 valence electrons. The highest BCUT2D eigenvalue weighted by Crippen LogP contribution is 2.57. The Hall–Kier alpha value is 0. The quantitative estimate of drug-likeness (QED) is 0.532. The van der Waals surface area contributed by atoms with E-state index in [-0.39, 0.29) is 0 Å². The fraction of sp³-hybridized carbons (Fsp3) is 1.00. The van der Waals surface area contributed by atoms with Gasteiger partial charge in [0.2, 0.25) is 0 Å². The molecule has 0 saturated heterocycles. The Morgan fingerprint density at radius 2 is 1.67 bits per heavy atom. The van der Waals surface area contributed by atoms with Crippen molar-refractivity contribution in [1.29, 1.82) is 0 Å². The van der Waals surface area contributed by atoms with Gasteiger partial charge in [-0.25, -0.2) is 0 Å². The summed E-state index contributed by atoms with van der Waals surface area (Å²) in [5, 5.41) is 0. The van der Waals surface area contributed by atoms with E-state index in [1.54, 1.807) is 0 Å². The number of hydrogen-bond acceptors (Lipinski definition) is 0. The number of hydrogen-bond donors (Lipinski definition) is 0. The van der Waals surface area contributed by atoms with Crippen molar-refractivity contribution < 1.29 is 0 Å². The maximum atomic E-state index is 2.50. The number of rotatable bonds is 0. The molecule has 0 aromatic carbocycles. The average Bonchev–Trinajstić information content (AvgIpc) is 2.18. The Morgan fingerprint density at radius 1 is 0.933 bits per heavy atom. The standard InChI is InChI=1S/C15H28/c1-11-6-5-7-12(2)13-10-15(3,4)14(13)9-8-11/h11-14H,5-10H2,1-4H3. The van der Waals surface area contributed by atoms with Crippen molar-refractivity contribution in [2.24, 2.45) is 29.1 Å². The Morgan fingerprint density at radius 3 is 2.33 bits per heavy atom. The molecule has 4 atom stereocenters.